The van der Waals surface area contributed by atoms with Crippen LogP contribution in [0.5, 0.6) is 0 Å². The predicted molar refractivity (Wildman–Crippen MR) is 135 cm³/mol. The molecule has 36 heavy (non-hydrogen) atoms. The van der Waals surface area contributed by atoms with E-state index < -0.39 is 11.6 Å². The van der Waals surface area contributed by atoms with Gasteiger partial charge in [0.2, 0.25) is 0 Å². The molecule has 9 heteroatoms. The Morgan fingerprint density at radius 3 is 2.47 bits per heavy atom. The molecular formula is C27H34FN5O3. The summed E-state index contributed by atoms with van der Waals surface area (Å²) in [5.74, 6) is -0.627. The molecule has 0 aliphatic carbocycles. The van der Waals surface area contributed by atoms with Crippen LogP contribution in [0.15, 0.2) is 36.5 Å². The zero-order valence-electron chi connectivity index (χ0n) is 21.5. The van der Waals surface area contributed by atoms with Crippen LogP contribution in [0.1, 0.15) is 57.1 Å². The standard InChI is InChI=1S/C27H34FN5O3/c1-6-18-14-21(19-7-9-20(28)10-8-19)30-33-15-22(29-24(18)33)25(35)32-12-11-31(16-27(32,4)5)26(36)23(34)13-17(2)3/h7-10,14-15,17,23,34H,6,11-13,16H2,1-5H3/t23-/m1/s1. The minimum absolute atomic E-state index is 0.208. The Balaban J connectivity index is 1.58. The summed E-state index contributed by atoms with van der Waals surface area (Å²) in [5, 5.41) is 14.9. The third-order valence-electron chi connectivity index (χ3n) is 6.68. The van der Waals surface area contributed by atoms with E-state index in [4.69, 9.17) is 0 Å². The van der Waals surface area contributed by atoms with Crippen LogP contribution < -0.4 is 0 Å². The van der Waals surface area contributed by atoms with Gasteiger partial charge in [0, 0.05) is 25.2 Å². The number of aliphatic hydroxyl groups excluding tert-OH is 1. The molecule has 0 radical (unpaired) electrons. The Morgan fingerprint density at radius 2 is 1.86 bits per heavy atom. The van der Waals surface area contributed by atoms with E-state index in [1.807, 2.05) is 40.7 Å². The average molecular weight is 496 g/mol. The van der Waals surface area contributed by atoms with Crippen molar-refractivity contribution in [1.29, 1.82) is 0 Å². The van der Waals surface area contributed by atoms with Crippen LogP contribution in [-0.4, -0.2) is 72.6 Å². The summed E-state index contributed by atoms with van der Waals surface area (Å²) >= 11 is 0. The summed E-state index contributed by atoms with van der Waals surface area (Å²) < 4.78 is 15.0. The second-order valence-electron chi connectivity index (χ2n) is 10.5. The fourth-order valence-electron chi connectivity index (χ4n) is 4.78. The first-order chi connectivity index (χ1) is 17.0. The topological polar surface area (TPSA) is 91.0 Å². The molecule has 1 aliphatic heterocycles. The van der Waals surface area contributed by atoms with Crippen molar-refractivity contribution >= 4 is 17.5 Å². The Hall–Kier alpha value is -3.33. The van der Waals surface area contributed by atoms with Crippen LogP contribution in [0.2, 0.25) is 0 Å². The van der Waals surface area contributed by atoms with Gasteiger partial charge in [-0.1, -0.05) is 20.8 Å². The molecule has 1 fully saturated rings. The molecule has 1 atom stereocenters. The minimum Gasteiger partial charge on any atom is -0.383 e. The smallest absolute Gasteiger partial charge is 0.274 e. The van der Waals surface area contributed by atoms with Gasteiger partial charge in [-0.3, -0.25) is 9.59 Å². The number of imidazole rings is 1. The van der Waals surface area contributed by atoms with E-state index in [-0.39, 0.29) is 29.2 Å². The van der Waals surface area contributed by atoms with Gasteiger partial charge in [0.1, 0.15) is 17.6 Å². The molecule has 1 saturated heterocycles. The zero-order chi connectivity index (χ0) is 26.2. The predicted octanol–water partition coefficient (Wildman–Crippen LogP) is 3.57. The number of nitrogens with zero attached hydrogens (tertiary/aromatic N) is 5. The number of aryl methyl sites for hydroxylation is 1. The van der Waals surface area contributed by atoms with Crippen molar-refractivity contribution in [3.63, 3.8) is 0 Å². The highest BCUT2D eigenvalue weighted by Crippen LogP contribution is 2.26. The van der Waals surface area contributed by atoms with Gasteiger partial charge in [-0.25, -0.2) is 13.9 Å². The highest BCUT2D eigenvalue weighted by molar-refractivity contribution is 5.94. The molecule has 192 valence electrons. The Labute approximate surface area is 210 Å². The number of amides is 2. The Kier molecular flexibility index (Phi) is 7.13. The number of aromatic nitrogens is 3. The quantitative estimate of drug-likeness (QED) is 0.565. The highest BCUT2D eigenvalue weighted by Gasteiger charge is 2.40. The largest absolute Gasteiger partial charge is 0.383 e. The van der Waals surface area contributed by atoms with Crippen LogP contribution in [0, 0.1) is 11.7 Å². The van der Waals surface area contributed by atoms with Gasteiger partial charge >= 0.3 is 0 Å². The SMILES string of the molecule is CCc1cc(-c2ccc(F)cc2)nn2cc(C(=O)N3CCN(C(=O)[C@H](O)CC(C)C)CC3(C)C)nc12. The van der Waals surface area contributed by atoms with E-state index >= 15 is 0 Å². The van der Waals surface area contributed by atoms with Crippen molar-refractivity contribution < 1.29 is 19.1 Å². The van der Waals surface area contributed by atoms with Crippen LogP contribution in [0.4, 0.5) is 4.39 Å². The molecular weight excluding hydrogens is 461 g/mol. The van der Waals surface area contributed by atoms with Gasteiger partial charge in [0.25, 0.3) is 11.8 Å². The second-order valence-corrected chi connectivity index (χ2v) is 10.5. The lowest BCUT2D eigenvalue weighted by Gasteiger charge is -2.47. The summed E-state index contributed by atoms with van der Waals surface area (Å²) in [6, 6.07) is 8.05. The van der Waals surface area contributed by atoms with Crippen LogP contribution >= 0.6 is 0 Å². The average Bonchev–Trinajstić information content (AvgIpc) is 3.26. The number of hydrogen-bond donors (Lipinski definition) is 1. The lowest BCUT2D eigenvalue weighted by atomic mass is 9.97. The van der Waals surface area contributed by atoms with Crippen molar-refractivity contribution in [2.24, 2.45) is 5.92 Å². The third kappa shape index (κ3) is 5.11. The zero-order valence-corrected chi connectivity index (χ0v) is 21.5. The van der Waals surface area contributed by atoms with E-state index in [9.17, 15) is 19.1 Å². The molecule has 0 bridgehead atoms. The number of carbonyl (C=O) groups is 2. The number of rotatable bonds is 6. The number of hydrogen-bond acceptors (Lipinski definition) is 5. The molecule has 1 aliphatic rings. The third-order valence-corrected chi connectivity index (χ3v) is 6.68. The molecule has 0 spiro atoms. The van der Waals surface area contributed by atoms with E-state index in [0.717, 1.165) is 11.1 Å². The van der Waals surface area contributed by atoms with Gasteiger partial charge in [-0.15, -0.1) is 0 Å². The summed E-state index contributed by atoms with van der Waals surface area (Å²) in [6.45, 7) is 10.8. The first-order valence-corrected chi connectivity index (χ1v) is 12.4. The summed E-state index contributed by atoms with van der Waals surface area (Å²) in [5.41, 5.74) is 2.62. The maximum Gasteiger partial charge on any atom is 0.274 e. The van der Waals surface area contributed by atoms with E-state index in [1.54, 1.807) is 32.6 Å². The monoisotopic (exact) mass is 495 g/mol. The first kappa shape index (κ1) is 25.8. The Morgan fingerprint density at radius 1 is 1.17 bits per heavy atom. The van der Waals surface area contributed by atoms with Gasteiger partial charge in [0.05, 0.1) is 17.4 Å². The molecule has 1 aromatic carbocycles. The number of halogens is 1. The van der Waals surface area contributed by atoms with Crippen molar-refractivity contribution in [1.82, 2.24) is 24.4 Å². The minimum atomic E-state index is -1.03. The normalized spacial score (nSPS) is 16.6. The van der Waals surface area contributed by atoms with Crippen LogP contribution in [0.25, 0.3) is 16.9 Å². The molecule has 1 N–H and O–H groups in total. The van der Waals surface area contributed by atoms with Crippen LogP contribution in [0.3, 0.4) is 0 Å². The summed E-state index contributed by atoms with van der Waals surface area (Å²) in [7, 11) is 0. The highest BCUT2D eigenvalue weighted by atomic mass is 19.1. The van der Waals surface area contributed by atoms with Crippen molar-refractivity contribution in [2.45, 2.75) is 59.1 Å². The fourth-order valence-corrected chi connectivity index (χ4v) is 4.78. The number of fused-ring (bicyclic) bond motifs is 1. The van der Waals surface area contributed by atoms with Gasteiger partial charge in [0.15, 0.2) is 5.65 Å². The molecule has 2 aromatic heterocycles. The number of piperazine rings is 1. The van der Waals surface area contributed by atoms with Gasteiger partial charge < -0.3 is 14.9 Å². The molecule has 3 heterocycles. The van der Waals surface area contributed by atoms with Crippen molar-refractivity contribution in [3.8, 4) is 11.3 Å². The van der Waals surface area contributed by atoms with Gasteiger partial charge in [-0.2, -0.15) is 5.10 Å². The maximum absolute atomic E-state index is 13.6. The van der Waals surface area contributed by atoms with Crippen LogP contribution in [-0.2, 0) is 11.2 Å². The molecule has 0 saturated carbocycles. The van der Waals surface area contributed by atoms with Crippen molar-refractivity contribution in [2.75, 3.05) is 19.6 Å². The maximum atomic E-state index is 13.6. The van der Waals surface area contributed by atoms with E-state index in [1.165, 1.54) is 12.1 Å². The second kappa shape index (κ2) is 9.97. The lowest BCUT2D eigenvalue weighted by Crippen LogP contribution is -2.63. The summed E-state index contributed by atoms with van der Waals surface area (Å²) in [4.78, 5) is 34.3. The van der Waals surface area contributed by atoms with E-state index in [0.29, 0.717) is 43.8 Å². The molecule has 3 aromatic rings. The van der Waals surface area contributed by atoms with Gasteiger partial charge in [-0.05, 0) is 68.5 Å². The van der Waals surface area contributed by atoms with E-state index in [2.05, 4.69) is 10.1 Å². The van der Waals surface area contributed by atoms with Crippen molar-refractivity contribution in [3.05, 3.63) is 53.6 Å². The number of benzene rings is 1. The molecule has 2 amide bonds. The fraction of sp³-hybridized carbons (Fsp3) is 0.481. The molecule has 8 nitrogen and oxygen atoms in total. The molecule has 0 unspecified atom stereocenters. The number of carbonyl (C=O) groups excluding carboxylic acids is 2. The first-order valence-electron chi connectivity index (χ1n) is 12.4. The molecule has 4 rings (SSSR count). The summed E-state index contributed by atoms with van der Waals surface area (Å²) in [6.07, 6.45) is 1.70. The number of aliphatic hydroxyl groups is 1. The lowest BCUT2D eigenvalue weighted by molar-refractivity contribution is -0.145. The Bertz CT molecular complexity index is 1270.